The maximum Gasteiger partial charge on any atom is 0.472 e. The van der Waals surface area contributed by atoms with Gasteiger partial charge in [0.25, 0.3) is 11.8 Å². The number of hydrogen-bond acceptors (Lipinski definition) is 18. The molecule has 0 aliphatic carbocycles. The fourth-order valence-corrected chi connectivity index (χ4v) is 13.4. The normalized spacial score (nSPS) is 14.5. The van der Waals surface area contributed by atoms with Gasteiger partial charge in [0.05, 0.1) is 76.8 Å². The molecule has 1 aromatic carbocycles. The summed E-state index contributed by atoms with van der Waals surface area (Å²) >= 11 is 0. The zero-order chi connectivity index (χ0) is 79.4. The second kappa shape index (κ2) is 69.3. The first-order valence-electron chi connectivity index (χ1n) is 41.9. The molecule has 0 aromatic heterocycles. The van der Waals surface area contributed by atoms with Gasteiger partial charge in [-0.25, -0.2) is 9.13 Å². The van der Waals surface area contributed by atoms with E-state index in [4.69, 9.17) is 37.0 Å². The van der Waals surface area contributed by atoms with Crippen LogP contribution in [0.5, 0.6) is 0 Å². The van der Waals surface area contributed by atoms with Crippen LogP contribution in [0.25, 0.3) is 0 Å². The zero-order valence-electron chi connectivity index (χ0n) is 67.5. The van der Waals surface area contributed by atoms with E-state index < -0.39 is 102 Å². The van der Waals surface area contributed by atoms with Crippen LogP contribution in [0.1, 0.15) is 345 Å². The lowest BCUT2D eigenvalue weighted by Gasteiger charge is -2.23. The molecule has 4 unspecified atom stereocenters. The first-order valence-corrected chi connectivity index (χ1v) is 44.9. The van der Waals surface area contributed by atoms with Crippen LogP contribution < -0.4 is 21.3 Å². The molecule has 8 atom stereocenters. The molecule has 108 heavy (non-hydrogen) atoms. The molecule has 8 N–H and O–H groups in total. The summed E-state index contributed by atoms with van der Waals surface area (Å²) in [5.74, 6) is -3.03. The largest absolute Gasteiger partial charge is 0.472 e. The molecular formula is C82H148N4O20P2. The highest BCUT2D eigenvalue weighted by Gasteiger charge is 2.29. The van der Waals surface area contributed by atoms with Crippen LogP contribution in [0.2, 0.25) is 0 Å². The monoisotopic (exact) mass is 1570 g/mol. The Bertz CT molecular complexity index is 2430. The van der Waals surface area contributed by atoms with Gasteiger partial charge in [0.1, 0.15) is 12.2 Å². The van der Waals surface area contributed by atoms with Crippen molar-refractivity contribution in [1.29, 1.82) is 0 Å². The highest BCUT2D eigenvalue weighted by atomic mass is 31.2. The fraction of sp³-hybridized carbons (Fsp3) is 0.805. The predicted molar refractivity (Wildman–Crippen MR) is 427 cm³/mol. The lowest BCUT2D eigenvalue weighted by atomic mass is 10.1. The quantitative estimate of drug-likeness (QED) is 0.0130. The highest BCUT2D eigenvalue weighted by molar-refractivity contribution is 7.47. The van der Waals surface area contributed by atoms with Crippen molar-refractivity contribution >= 4 is 51.2 Å². The molecule has 0 spiro atoms. The van der Waals surface area contributed by atoms with E-state index in [1.54, 1.807) is 0 Å². The van der Waals surface area contributed by atoms with Gasteiger partial charge in [-0.15, -0.1) is 0 Å². The lowest BCUT2D eigenvalue weighted by Crippen LogP contribution is -2.43. The van der Waals surface area contributed by atoms with Gasteiger partial charge < -0.3 is 60.2 Å². The van der Waals surface area contributed by atoms with Crippen molar-refractivity contribution in [2.45, 2.75) is 361 Å². The minimum atomic E-state index is -4.80. The fourth-order valence-electron chi connectivity index (χ4n) is 11.9. The smallest absolute Gasteiger partial charge is 0.462 e. The lowest BCUT2D eigenvalue weighted by molar-refractivity contribution is -0.152. The third-order valence-corrected chi connectivity index (χ3v) is 20.3. The second-order valence-corrected chi connectivity index (χ2v) is 31.6. The standard InChI is InChI=1S/C82H148N4O20P2/c1-7-13-19-25-27-29-31-37-43-52-79(91)105-75(50-41-35-23-17-11-5)63-77(89)85-71(65-99-58-54-73(87)48-39-33-21-15-9-3)67-103-107(95,96)101-60-56-83-81(93)69-46-45-47-70(62-69)82(94)84-57-61-102-108(97,98)104-68-72(66-100-59-55-74(88)49-40-34-22-16-10-4)86-78(90)64-76(51-42-36-24-18-12-6)106-80(92)53-44-38-32-30-28-26-20-14-8-2/h29-32,45-47,62,71-76,87-88H,7-28,33-44,48-61,63-68H2,1-6H3,(H,83,93)(H,84,94)(H,85,89)(H,86,90)(H,95,96)(H,97,98)/b31-29-,32-30-/t71?,72?,73-,74-,75-,76-/m1/s1. The Morgan fingerprint density at radius 1 is 0.398 bits per heavy atom. The number of esters is 2. The number of nitrogens with one attached hydrogen (secondary N) is 4. The molecule has 4 amide bonds. The Balaban J connectivity index is 2.99. The number of rotatable bonds is 76. The van der Waals surface area contributed by atoms with Gasteiger partial charge in [-0.3, -0.25) is 46.9 Å². The van der Waals surface area contributed by atoms with Crippen molar-refractivity contribution in [3.63, 3.8) is 0 Å². The van der Waals surface area contributed by atoms with Crippen molar-refractivity contribution in [1.82, 2.24) is 21.3 Å². The van der Waals surface area contributed by atoms with Crippen molar-refractivity contribution in [3.05, 3.63) is 59.7 Å². The second-order valence-electron chi connectivity index (χ2n) is 28.7. The molecule has 0 fully saturated rings. The summed E-state index contributed by atoms with van der Waals surface area (Å²) in [5, 5.41) is 32.0. The van der Waals surface area contributed by atoms with Crippen LogP contribution in [0.15, 0.2) is 48.6 Å². The minimum Gasteiger partial charge on any atom is -0.462 e. The van der Waals surface area contributed by atoms with Crippen LogP contribution in [-0.2, 0) is 65.4 Å². The number of ether oxygens (including phenoxy) is 4. The van der Waals surface area contributed by atoms with E-state index in [-0.39, 0.29) is 88.3 Å². The third kappa shape index (κ3) is 61.2. The molecule has 0 saturated carbocycles. The van der Waals surface area contributed by atoms with E-state index in [9.17, 15) is 57.9 Å². The van der Waals surface area contributed by atoms with Gasteiger partial charge in [0, 0.05) is 50.3 Å². The first-order chi connectivity index (χ1) is 52.2. The summed E-state index contributed by atoms with van der Waals surface area (Å²) in [4.78, 5) is 102. The SMILES string of the molecule is CCCCCC/C=C\CCCC(=O)O[C@H](CCCCCCC)CC(=O)NC(COCC[C@H](O)CCCCCCC)COP(=O)(O)OCCNC(=O)c1cccc(C(=O)NCCOP(=O)(O)OCC(COCC[C@H](O)CCCCCCC)NC(=O)C[C@@H](CCCCCCC)OC(=O)CCC/C=C\CCCCCC)c1. The average Bonchev–Trinajstić information content (AvgIpc) is 0.867. The Kier molecular flexibility index (Phi) is 65.2. The Morgan fingerprint density at radius 3 is 1.07 bits per heavy atom. The number of aliphatic hydroxyl groups excluding tert-OH is 2. The van der Waals surface area contributed by atoms with Crippen LogP contribution in [0.3, 0.4) is 0 Å². The number of unbranched alkanes of at least 4 members (excludes halogenated alkanes) is 26. The molecular weight excluding hydrogens is 1420 g/mol. The summed E-state index contributed by atoms with van der Waals surface area (Å²) in [6, 6.07) is 3.75. The molecule has 0 heterocycles. The number of hydrogen-bond donors (Lipinski definition) is 8. The predicted octanol–water partition coefficient (Wildman–Crippen LogP) is 17.4. The third-order valence-electron chi connectivity index (χ3n) is 18.4. The van der Waals surface area contributed by atoms with Gasteiger partial charge in [0.15, 0.2) is 0 Å². The van der Waals surface area contributed by atoms with E-state index in [2.05, 4.69) is 87.1 Å². The van der Waals surface area contributed by atoms with Crippen LogP contribution in [-0.4, -0.2) is 158 Å². The molecule has 0 aliphatic heterocycles. The maximum absolute atomic E-state index is 13.7. The van der Waals surface area contributed by atoms with E-state index in [0.29, 0.717) is 51.4 Å². The highest BCUT2D eigenvalue weighted by Crippen LogP contribution is 2.44. The number of benzene rings is 1. The zero-order valence-corrected chi connectivity index (χ0v) is 69.3. The van der Waals surface area contributed by atoms with Crippen molar-refractivity contribution < 1.29 is 94.9 Å². The van der Waals surface area contributed by atoms with Gasteiger partial charge >= 0.3 is 27.6 Å². The molecule has 0 aliphatic rings. The Hall–Kier alpha value is -4.42. The van der Waals surface area contributed by atoms with Gasteiger partial charge in [-0.2, -0.15) is 0 Å². The van der Waals surface area contributed by atoms with Gasteiger partial charge in [0.2, 0.25) is 11.8 Å². The molecule has 26 heteroatoms. The Labute approximate surface area is 650 Å². The molecule has 24 nitrogen and oxygen atoms in total. The number of phosphoric ester groups is 2. The molecule has 1 rings (SSSR count). The number of carbonyl (C=O) groups excluding carboxylic acids is 6. The van der Waals surface area contributed by atoms with Crippen molar-refractivity contribution in [2.24, 2.45) is 0 Å². The average molecular weight is 1570 g/mol. The summed E-state index contributed by atoms with van der Waals surface area (Å²) < 4.78 is 71.1. The first kappa shape index (κ1) is 102. The summed E-state index contributed by atoms with van der Waals surface area (Å²) in [5.41, 5.74) is 0.110. The molecule has 626 valence electrons. The molecule has 1 aromatic rings. The topological polar surface area (TPSA) is 339 Å². The molecule has 0 saturated heterocycles. The van der Waals surface area contributed by atoms with Crippen LogP contribution in [0.4, 0.5) is 0 Å². The van der Waals surface area contributed by atoms with E-state index >= 15 is 0 Å². The van der Waals surface area contributed by atoms with E-state index in [1.165, 1.54) is 62.8 Å². The van der Waals surface area contributed by atoms with Crippen LogP contribution in [0, 0.1) is 0 Å². The molecule has 0 bridgehead atoms. The van der Waals surface area contributed by atoms with E-state index in [0.717, 1.165) is 167 Å². The number of aliphatic hydroxyl groups is 2. The number of allylic oxidation sites excluding steroid dienone is 4. The summed E-state index contributed by atoms with van der Waals surface area (Å²) in [6.45, 7) is 10.4. The maximum atomic E-state index is 13.7. The van der Waals surface area contributed by atoms with Crippen LogP contribution >= 0.6 is 15.6 Å². The van der Waals surface area contributed by atoms with Gasteiger partial charge in [-0.05, 0) is 121 Å². The minimum absolute atomic E-state index is 0.0548. The summed E-state index contributed by atoms with van der Waals surface area (Å²) in [6.07, 6.45) is 43.5. The van der Waals surface area contributed by atoms with E-state index in [1.807, 2.05) is 0 Å². The number of amides is 4. The number of carbonyl (C=O) groups is 6. The Morgan fingerprint density at radius 2 is 0.722 bits per heavy atom. The van der Waals surface area contributed by atoms with Crippen molar-refractivity contribution in [3.8, 4) is 0 Å². The van der Waals surface area contributed by atoms with Gasteiger partial charge in [-0.1, -0.05) is 226 Å². The molecule has 0 radical (unpaired) electrons. The van der Waals surface area contributed by atoms with Crippen molar-refractivity contribution in [2.75, 3.05) is 65.9 Å². The summed E-state index contributed by atoms with van der Waals surface area (Å²) in [7, 11) is -9.61. The number of phosphoric acid groups is 2.